The fourth-order valence-corrected chi connectivity index (χ4v) is 2.24. The summed E-state index contributed by atoms with van der Waals surface area (Å²) in [5.41, 5.74) is 0.665. The van der Waals surface area contributed by atoms with Crippen molar-refractivity contribution in [3.8, 4) is 5.75 Å². The number of benzene rings is 2. The maximum atomic E-state index is 13.1. The van der Waals surface area contributed by atoms with Crippen LogP contribution >= 0.6 is 0 Å². The first-order valence-electron chi connectivity index (χ1n) is 7.57. The monoisotopic (exact) mass is 348 g/mol. The standard InChI is InChI=1S/C18H18F2N2O3/c1-11(12-4-3-5-14(23)8-12)22(2)17(24)10-21-18(25)13-6-7-15(19)16(20)9-13/h3-9,11,23H,10H2,1-2H3,(H,21,25)/t11-/m1/s1. The fraction of sp³-hybridized carbons (Fsp3) is 0.222. The van der Waals surface area contributed by atoms with Crippen LogP contribution in [0.3, 0.4) is 0 Å². The summed E-state index contributed by atoms with van der Waals surface area (Å²) in [5, 5.41) is 11.9. The predicted molar refractivity (Wildman–Crippen MR) is 88.0 cm³/mol. The fourth-order valence-electron chi connectivity index (χ4n) is 2.24. The van der Waals surface area contributed by atoms with Gasteiger partial charge in [-0.1, -0.05) is 12.1 Å². The molecule has 0 heterocycles. The molecular formula is C18H18F2N2O3. The Morgan fingerprint density at radius 3 is 2.52 bits per heavy atom. The Balaban J connectivity index is 1.96. The van der Waals surface area contributed by atoms with Crippen molar-refractivity contribution in [1.82, 2.24) is 10.2 Å². The number of phenolic OH excluding ortho intramolecular Hbond substituents is 1. The number of nitrogens with one attached hydrogen (secondary N) is 1. The number of amides is 2. The number of nitrogens with zero attached hydrogens (tertiary/aromatic N) is 1. The number of carbonyl (C=O) groups is 2. The minimum Gasteiger partial charge on any atom is -0.508 e. The maximum absolute atomic E-state index is 13.1. The van der Waals surface area contributed by atoms with Crippen LogP contribution in [0.5, 0.6) is 5.75 Å². The van der Waals surface area contributed by atoms with Gasteiger partial charge in [-0.2, -0.15) is 0 Å². The van der Waals surface area contributed by atoms with E-state index in [1.165, 1.54) is 11.0 Å². The van der Waals surface area contributed by atoms with Crippen molar-refractivity contribution in [2.45, 2.75) is 13.0 Å². The quantitative estimate of drug-likeness (QED) is 0.873. The van der Waals surface area contributed by atoms with E-state index in [2.05, 4.69) is 5.32 Å². The summed E-state index contributed by atoms with van der Waals surface area (Å²) in [6.45, 7) is 1.49. The van der Waals surface area contributed by atoms with Gasteiger partial charge in [-0.25, -0.2) is 8.78 Å². The molecule has 0 aromatic heterocycles. The molecule has 0 bridgehead atoms. The van der Waals surface area contributed by atoms with Gasteiger partial charge in [-0.05, 0) is 42.8 Å². The summed E-state index contributed by atoms with van der Waals surface area (Å²) < 4.78 is 26.0. The van der Waals surface area contributed by atoms with Gasteiger partial charge in [0, 0.05) is 12.6 Å². The van der Waals surface area contributed by atoms with Gasteiger partial charge in [-0.3, -0.25) is 9.59 Å². The molecule has 1 atom stereocenters. The molecule has 0 saturated carbocycles. The van der Waals surface area contributed by atoms with Crippen molar-refractivity contribution in [2.24, 2.45) is 0 Å². The average molecular weight is 348 g/mol. The first-order chi connectivity index (χ1) is 11.8. The highest BCUT2D eigenvalue weighted by molar-refractivity contribution is 5.96. The Labute approximate surface area is 143 Å². The molecule has 0 spiro atoms. The molecule has 132 valence electrons. The zero-order valence-electron chi connectivity index (χ0n) is 13.8. The van der Waals surface area contributed by atoms with Crippen LogP contribution in [0.25, 0.3) is 0 Å². The third kappa shape index (κ3) is 4.53. The van der Waals surface area contributed by atoms with Crippen LogP contribution in [0.2, 0.25) is 0 Å². The molecule has 2 N–H and O–H groups in total. The van der Waals surface area contributed by atoms with Crippen LogP contribution in [-0.2, 0) is 4.79 Å². The normalized spacial score (nSPS) is 11.7. The number of carbonyl (C=O) groups excluding carboxylic acids is 2. The van der Waals surface area contributed by atoms with Gasteiger partial charge >= 0.3 is 0 Å². The van der Waals surface area contributed by atoms with E-state index in [0.717, 1.165) is 23.8 Å². The molecule has 7 heteroatoms. The van der Waals surface area contributed by atoms with E-state index in [-0.39, 0.29) is 29.8 Å². The summed E-state index contributed by atoms with van der Waals surface area (Å²) in [4.78, 5) is 25.5. The lowest BCUT2D eigenvalue weighted by Crippen LogP contribution is -2.39. The number of aromatic hydroxyl groups is 1. The van der Waals surface area contributed by atoms with Crippen molar-refractivity contribution in [2.75, 3.05) is 13.6 Å². The zero-order chi connectivity index (χ0) is 18.6. The van der Waals surface area contributed by atoms with E-state index in [1.54, 1.807) is 32.2 Å². The third-order valence-corrected chi connectivity index (χ3v) is 3.91. The Morgan fingerprint density at radius 2 is 1.88 bits per heavy atom. The summed E-state index contributed by atoms with van der Waals surface area (Å²) in [6.07, 6.45) is 0. The van der Waals surface area contributed by atoms with Crippen LogP contribution in [0.1, 0.15) is 28.9 Å². The van der Waals surface area contributed by atoms with Crippen LogP contribution in [-0.4, -0.2) is 35.4 Å². The molecule has 0 aliphatic heterocycles. The van der Waals surface area contributed by atoms with Gasteiger partial charge in [0.15, 0.2) is 11.6 Å². The summed E-state index contributed by atoms with van der Waals surface area (Å²) in [5.74, 6) is -3.13. The average Bonchev–Trinajstić information content (AvgIpc) is 2.60. The number of hydrogen-bond donors (Lipinski definition) is 2. The van der Waals surface area contributed by atoms with Crippen molar-refractivity contribution in [3.05, 3.63) is 65.2 Å². The van der Waals surface area contributed by atoms with Crippen molar-refractivity contribution >= 4 is 11.8 Å². The predicted octanol–water partition coefficient (Wildman–Crippen LogP) is 2.62. The Bertz CT molecular complexity index is 796. The Morgan fingerprint density at radius 1 is 1.16 bits per heavy atom. The minimum atomic E-state index is -1.13. The lowest BCUT2D eigenvalue weighted by atomic mass is 10.1. The summed E-state index contributed by atoms with van der Waals surface area (Å²) in [7, 11) is 1.57. The van der Waals surface area contributed by atoms with E-state index in [4.69, 9.17) is 0 Å². The highest BCUT2D eigenvalue weighted by Crippen LogP contribution is 2.22. The van der Waals surface area contributed by atoms with Crippen LogP contribution in [0.4, 0.5) is 8.78 Å². The highest BCUT2D eigenvalue weighted by atomic mass is 19.2. The van der Waals surface area contributed by atoms with E-state index >= 15 is 0 Å². The van der Waals surface area contributed by atoms with Gasteiger partial charge in [0.1, 0.15) is 5.75 Å². The van der Waals surface area contributed by atoms with Crippen LogP contribution in [0.15, 0.2) is 42.5 Å². The molecule has 0 saturated heterocycles. The smallest absolute Gasteiger partial charge is 0.251 e. The Hall–Kier alpha value is -2.96. The lowest BCUT2D eigenvalue weighted by Gasteiger charge is -2.25. The van der Waals surface area contributed by atoms with Gasteiger partial charge in [0.25, 0.3) is 5.91 Å². The molecule has 0 unspecified atom stereocenters. The first-order valence-corrected chi connectivity index (χ1v) is 7.57. The molecule has 2 aromatic rings. The van der Waals surface area contributed by atoms with Gasteiger partial charge < -0.3 is 15.3 Å². The first kappa shape index (κ1) is 18.4. The van der Waals surface area contributed by atoms with Crippen molar-refractivity contribution < 1.29 is 23.5 Å². The molecule has 5 nitrogen and oxygen atoms in total. The number of hydrogen-bond acceptors (Lipinski definition) is 3. The molecule has 2 rings (SSSR count). The van der Waals surface area contributed by atoms with E-state index in [0.29, 0.717) is 0 Å². The number of halogens is 2. The topological polar surface area (TPSA) is 69.6 Å². The number of phenols is 1. The second-order valence-electron chi connectivity index (χ2n) is 5.59. The second-order valence-corrected chi connectivity index (χ2v) is 5.59. The van der Waals surface area contributed by atoms with E-state index < -0.39 is 17.5 Å². The molecule has 2 amide bonds. The minimum absolute atomic E-state index is 0.0737. The molecule has 2 aromatic carbocycles. The largest absolute Gasteiger partial charge is 0.508 e. The molecule has 0 radical (unpaired) electrons. The molecule has 25 heavy (non-hydrogen) atoms. The molecule has 0 aliphatic rings. The van der Waals surface area contributed by atoms with Gasteiger partial charge in [0.2, 0.25) is 5.91 Å². The molecule has 0 aliphatic carbocycles. The highest BCUT2D eigenvalue weighted by Gasteiger charge is 2.19. The van der Waals surface area contributed by atoms with Crippen LogP contribution < -0.4 is 5.32 Å². The SMILES string of the molecule is C[C@H](c1cccc(O)c1)N(C)C(=O)CNC(=O)c1ccc(F)c(F)c1. The summed E-state index contributed by atoms with van der Waals surface area (Å²) >= 11 is 0. The zero-order valence-corrected chi connectivity index (χ0v) is 13.8. The molecule has 0 fully saturated rings. The Kier molecular flexibility index (Phi) is 5.69. The van der Waals surface area contributed by atoms with Crippen LogP contribution in [0, 0.1) is 11.6 Å². The van der Waals surface area contributed by atoms with Crippen molar-refractivity contribution in [1.29, 1.82) is 0 Å². The van der Waals surface area contributed by atoms with Crippen molar-refractivity contribution in [3.63, 3.8) is 0 Å². The summed E-state index contributed by atoms with van der Waals surface area (Å²) in [6, 6.07) is 8.96. The second kappa shape index (κ2) is 7.74. The maximum Gasteiger partial charge on any atom is 0.251 e. The van der Waals surface area contributed by atoms with E-state index in [1.807, 2.05) is 0 Å². The van der Waals surface area contributed by atoms with Gasteiger partial charge in [-0.15, -0.1) is 0 Å². The molecular weight excluding hydrogens is 330 g/mol. The van der Waals surface area contributed by atoms with Gasteiger partial charge in [0.05, 0.1) is 12.6 Å². The number of likely N-dealkylation sites (N-methyl/N-ethyl adjacent to an activating group) is 1. The number of rotatable bonds is 5. The third-order valence-electron chi connectivity index (χ3n) is 3.91. The lowest BCUT2D eigenvalue weighted by molar-refractivity contribution is -0.130. The van der Waals surface area contributed by atoms with E-state index in [9.17, 15) is 23.5 Å².